The fourth-order valence-electron chi connectivity index (χ4n) is 2.63. The number of azo groups is 1. The Bertz CT molecular complexity index is 963. The Labute approximate surface area is 150 Å². The summed E-state index contributed by atoms with van der Waals surface area (Å²) in [6, 6.07) is 14.1. The van der Waals surface area contributed by atoms with Gasteiger partial charge in [-0.1, -0.05) is 41.9 Å². The summed E-state index contributed by atoms with van der Waals surface area (Å²) >= 11 is 6.01. The van der Waals surface area contributed by atoms with Crippen molar-refractivity contribution in [1.82, 2.24) is 4.57 Å². The van der Waals surface area contributed by atoms with Crippen LogP contribution in [0.3, 0.4) is 0 Å². The second-order valence-corrected chi connectivity index (χ2v) is 6.37. The molecule has 0 saturated carbocycles. The molecule has 2 aromatic carbocycles. The largest absolute Gasteiger partial charge is 0.493 e. The highest BCUT2D eigenvalue weighted by molar-refractivity contribution is 6.33. The zero-order chi connectivity index (χ0) is 18.0. The molecule has 1 aromatic heterocycles. The van der Waals surface area contributed by atoms with Crippen molar-refractivity contribution in [3.8, 4) is 5.88 Å². The van der Waals surface area contributed by atoms with Crippen molar-refractivity contribution >= 4 is 34.1 Å². The van der Waals surface area contributed by atoms with Gasteiger partial charge < -0.3 is 10.0 Å². The Balaban J connectivity index is 2.03. The molecular weight excluding hydrogens is 340 g/mol. The maximum Gasteiger partial charge on any atom is 0.296 e. The number of quaternary nitrogens is 1. The average Bonchev–Trinajstić information content (AvgIpc) is 2.85. The zero-order valence-electron chi connectivity index (χ0n) is 13.9. The minimum absolute atomic E-state index is 0.0156. The van der Waals surface area contributed by atoms with Crippen LogP contribution in [0, 0.1) is 0 Å². The van der Waals surface area contributed by atoms with E-state index in [4.69, 9.17) is 11.6 Å². The minimum Gasteiger partial charge on any atom is -0.493 e. The van der Waals surface area contributed by atoms with E-state index in [0.717, 1.165) is 15.8 Å². The maximum atomic E-state index is 12.2. The van der Waals surface area contributed by atoms with E-state index in [2.05, 4.69) is 10.2 Å². The lowest BCUT2D eigenvalue weighted by atomic mass is 10.2. The van der Waals surface area contributed by atoms with Gasteiger partial charge in [-0.05, 0) is 18.2 Å². The second kappa shape index (κ2) is 7.04. The first kappa shape index (κ1) is 17.1. The monoisotopic (exact) mass is 357 g/mol. The molecule has 7 heteroatoms. The van der Waals surface area contributed by atoms with Gasteiger partial charge in [-0.25, -0.2) is 0 Å². The third kappa shape index (κ3) is 3.40. The number of nitrogens with zero attached hydrogens (tertiary/aromatic N) is 3. The van der Waals surface area contributed by atoms with Crippen molar-refractivity contribution < 1.29 is 14.8 Å². The molecule has 3 aromatic rings. The number of fused-ring (bicyclic) bond motifs is 1. The first-order valence-electron chi connectivity index (χ1n) is 7.79. The molecule has 0 saturated heterocycles. The molecule has 1 amide bonds. The summed E-state index contributed by atoms with van der Waals surface area (Å²) in [5.41, 5.74) is 1.38. The fraction of sp³-hybridized carbons (Fsp3) is 0.167. The predicted octanol–water partition coefficient (Wildman–Crippen LogP) is 3.03. The van der Waals surface area contributed by atoms with Crippen molar-refractivity contribution in [3.63, 3.8) is 0 Å². The number of aromatic hydroxyl groups is 1. The molecule has 25 heavy (non-hydrogen) atoms. The van der Waals surface area contributed by atoms with E-state index in [1.807, 2.05) is 38.4 Å². The highest BCUT2D eigenvalue weighted by Crippen LogP contribution is 2.38. The Morgan fingerprint density at radius 2 is 1.84 bits per heavy atom. The molecule has 0 aliphatic carbocycles. The molecular formula is C18H18ClN4O2+. The van der Waals surface area contributed by atoms with E-state index in [1.54, 1.807) is 28.8 Å². The van der Waals surface area contributed by atoms with Gasteiger partial charge in [-0.3, -0.25) is 9.36 Å². The minimum atomic E-state index is -0.555. The van der Waals surface area contributed by atoms with Crippen LogP contribution in [-0.2, 0) is 6.67 Å². The number of carbonyl (C=O) groups excluding carboxylic acids is 1. The summed E-state index contributed by atoms with van der Waals surface area (Å²) in [4.78, 5) is 13.4. The van der Waals surface area contributed by atoms with E-state index in [0.29, 0.717) is 11.7 Å². The number of aromatic nitrogens is 1. The van der Waals surface area contributed by atoms with Crippen molar-refractivity contribution in [1.29, 1.82) is 0 Å². The van der Waals surface area contributed by atoms with E-state index in [-0.39, 0.29) is 17.1 Å². The lowest BCUT2D eigenvalue weighted by Crippen LogP contribution is -3.04. The van der Waals surface area contributed by atoms with Crippen molar-refractivity contribution in [2.75, 3.05) is 14.1 Å². The Hall–Kier alpha value is -2.70. The van der Waals surface area contributed by atoms with Gasteiger partial charge >= 0.3 is 0 Å². The smallest absolute Gasteiger partial charge is 0.296 e. The molecule has 2 N–H and O–H groups in total. The molecule has 0 aliphatic heterocycles. The van der Waals surface area contributed by atoms with Gasteiger partial charge in [-0.15, -0.1) is 10.2 Å². The molecule has 1 heterocycles. The Morgan fingerprint density at radius 3 is 2.56 bits per heavy atom. The molecule has 0 radical (unpaired) electrons. The molecule has 0 aliphatic rings. The van der Waals surface area contributed by atoms with Crippen LogP contribution in [0.5, 0.6) is 5.88 Å². The lowest BCUT2D eigenvalue weighted by Gasteiger charge is -2.10. The summed E-state index contributed by atoms with van der Waals surface area (Å²) in [5.74, 6) is -0.571. The summed E-state index contributed by atoms with van der Waals surface area (Å²) < 4.78 is 1.75. The molecule has 0 atom stereocenters. The van der Waals surface area contributed by atoms with Crippen molar-refractivity contribution in [2.24, 2.45) is 10.2 Å². The first-order valence-corrected chi connectivity index (χ1v) is 8.16. The van der Waals surface area contributed by atoms with Crippen LogP contribution < -0.4 is 4.90 Å². The zero-order valence-corrected chi connectivity index (χ0v) is 14.7. The van der Waals surface area contributed by atoms with Gasteiger partial charge in [0.05, 0.1) is 30.2 Å². The number of halogens is 1. The number of para-hydroxylation sites is 1. The number of amides is 1. The van der Waals surface area contributed by atoms with E-state index in [9.17, 15) is 9.90 Å². The molecule has 0 unspecified atom stereocenters. The number of benzene rings is 2. The van der Waals surface area contributed by atoms with Crippen LogP contribution >= 0.6 is 11.6 Å². The van der Waals surface area contributed by atoms with Crippen molar-refractivity contribution in [3.05, 3.63) is 59.1 Å². The van der Waals surface area contributed by atoms with E-state index < -0.39 is 5.91 Å². The number of carbonyl (C=O) groups is 1. The van der Waals surface area contributed by atoms with E-state index in [1.165, 1.54) is 0 Å². The standard InChI is InChI=1S/C18H17ClN4O2/c1-22(2)11-23-15-10-6-4-8-13(15)16(18(23)25)20-21-17(24)12-7-3-5-9-14(12)19/h3-10,25H,11H2,1-2H3/p+1. The van der Waals surface area contributed by atoms with E-state index >= 15 is 0 Å². The first-order chi connectivity index (χ1) is 12.0. The summed E-state index contributed by atoms with van der Waals surface area (Å²) in [6.07, 6.45) is 0. The molecule has 3 rings (SSSR count). The second-order valence-electron chi connectivity index (χ2n) is 5.97. The fourth-order valence-corrected chi connectivity index (χ4v) is 2.85. The van der Waals surface area contributed by atoms with Crippen molar-refractivity contribution in [2.45, 2.75) is 6.67 Å². The molecule has 0 bridgehead atoms. The lowest BCUT2D eigenvalue weighted by molar-refractivity contribution is -0.882. The normalized spacial score (nSPS) is 11.7. The van der Waals surface area contributed by atoms with Gasteiger partial charge in [-0.2, -0.15) is 0 Å². The van der Waals surface area contributed by atoms with Gasteiger partial charge in [0, 0.05) is 5.39 Å². The third-order valence-corrected chi connectivity index (χ3v) is 4.07. The predicted molar refractivity (Wildman–Crippen MR) is 96.7 cm³/mol. The third-order valence-electron chi connectivity index (χ3n) is 3.74. The van der Waals surface area contributed by atoms with Crippen LogP contribution in [0.4, 0.5) is 5.69 Å². The SMILES string of the molecule is C[NH+](C)Cn1c(O)c(N=NC(=O)c2ccccc2Cl)c2ccccc21. The topological polar surface area (TPSA) is 71.4 Å². The van der Waals surface area contributed by atoms with Crippen LogP contribution in [0.25, 0.3) is 10.9 Å². The highest BCUT2D eigenvalue weighted by atomic mass is 35.5. The van der Waals surface area contributed by atoms with Gasteiger partial charge in [0.25, 0.3) is 5.91 Å². The van der Waals surface area contributed by atoms with Gasteiger partial charge in [0.15, 0.2) is 12.4 Å². The highest BCUT2D eigenvalue weighted by Gasteiger charge is 2.18. The molecule has 0 fully saturated rings. The maximum absolute atomic E-state index is 12.2. The Kier molecular flexibility index (Phi) is 4.83. The summed E-state index contributed by atoms with van der Waals surface area (Å²) in [7, 11) is 3.96. The van der Waals surface area contributed by atoms with Gasteiger partial charge in [0.2, 0.25) is 5.88 Å². The van der Waals surface area contributed by atoms with Crippen LogP contribution in [-0.4, -0.2) is 29.7 Å². The van der Waals surface area contributed by atoms with Crippen LogP contribution in [0.1, 0.15) is 10.4 Å². The molecule has 0 spiro atoms. The van der Waals surface area contributed by atoms with Crippen LogP contribution in [0.15, 0.2) is 58.8 Å². The summed E-state index contributed by atoms with van der Waals surface area (Å²) in [5, 5.41) is 19.4. The number of rotatable bonds is 4. The molecule has 6 nitrogen and oxygen atoms in total. The number of hydrogen-bond donors (Lipinski definition) is 2. The van der Waals surface area contributed by atoms with Gasteiger partial charge in [0.1, 0.15) is 0 Å². The number of hydrogen-bond acceptors (Lipinski definition) is 3. The average molecular weight is 358 g/mol. The Morgan fingerprint density at radius 1 is 1.16 bits per heavy atom. The summed E-state index contributed by atoms with van der Waals surface area (Å²) in [6.45, 7) is 0.556. The molecule has 128 valence electrons. The van der Waals surface area contributed by atoms with Crippen LogP contribution in [0.2, 0.25) is 5.02 Å². The number of nitrogens with one attached hydrogen (secondary N) is 1. The quantitative estimate of drug-likeness (QED) is 0.704.